The van der Waals surface area contributed by atoms with E-state index in [1.54, 1.807) is 31.3 Å². The second-order valence-corrected chi connectivity index (χ2v) is 8.28. The summed E-state index contributed by atoms with van der Waals surface area (Å²) in [5, 5.41) is 14.8. The maximum Gasteiger partial charge on any atom is 0.251 e. The van der Waals surface area contributed by atoms with E-state index in [4.69, 9.17) is 0 Å². The first kappa shape index (κ1) is 22.3. The van der Waals surface area contributed by atoms with E-state index in [9.17, 15) is 9.59 Å². The van der Waals surface area contributed by atoms with Crippen molar-refractivity contribution in [2.45, 2.75) is 12.1 Å². The molecule has 4 aromatic rings. The molecular formula is C25H23N5O2S. The third kappa shape index (κ3) is 5.30. The zero-order valence-corrected chi connectivity index (χ0v) is 19.1. The molecule has 0 fully saturated rings. The third-order valence-corrected chi connectivity index (χ3v) is 5.88. The van der Waals surface area contributed by atoms with Gasteiger partial charge in [-0.2, -0.15) is 0 Å². The van der Waals surface area contributed by atoms with Crippen LogP contribution in [0.25, 0.3) is 17.1 Å². The molecule has 1 aromatic heterocycles. The summed E-state index contributed by atoms with van der Waals surface area (Å²) in [7, 11) is 1.58. The highest BCUT2D eigenvalue weighted by Gasteiger charge is 2.17. The molecular weight excluding hydrogens is 434 g/mol. The van der Waals surface area contributed by atoms with E-state index in [1.807, 2.05) is 66.1 Å². The van der Waals surface area contributed by atoms with E-state index < -0.39 is 0 Å². The van der Waals surface area contributed by atoms with Crippen molar-refractivity contribution in [3.63, 3.8) is 0 Å². The van der Waals surface area contributed by atoms with Gasteiger partial charge in [-0.15, -0.1) is 10.2 Å². The molecule has 4 rings (SSSR count). The van der Waals surface area contributed by atoms with Crippen LogP contribution in [0.5, 0.6) is 0 Å². The van der Waals surface area contributed by atoms with Crippen LogP contribution in [-0.2, 0) is 4.79 Å². The molecule has 2 amide bonds. The van der Waals surface area contributed by atoms with Crippen molar-refractivity contribution in [3.05, 3.63) is 90.0 Å². The van der Waals surface area contributed by atoms with Crippen LogP contribution in [0.4, 0.5) is 5.69 Å². The molecule has 33 heavy (non-hydrogen) atoms. The van der Waals surface area contributed by atoms with Gasteiger partial charge in [-0.05, 0) is 43.3 Å². The summed E-state index contributed by atoms with van der Waals surface area (Å²) in [5.74, 6) is 0.531. The van der Waals surface area contributed by atoms with E-state index in [2.05, 4.69) is 20.8 Å². The predicted octanol–water partition coefficient (Wildman–Crippen LogP) is 4.33. The highest BCUT2D eigenvalue weighted by atomic mass is 32.2. The number of carbonyl (C=O) groups is 2. The minimum atomic E-state index is -0.174. The van der Waals surface area contributed by atoms with Crippen LogP contribution in [0, 0.1) is 6.92 Å². The zero-order chi connectivity index (χ0) is 23.2. The van der Waals surface area contributed by atoms with Gasteiger partial charge in [0.1, 0.15) is 0 Å². The van der Waals surface area contributed by atoms with Crippen LogP contribution < -0.4 is 10.6 Å². The minimum absolute atomic E-state index is 0.163. The number of thioether (sulfide) groups is 1. The van der Waals surface area contributed by atoms with E-state index >= 15 is 0 Å². The van der Waals surface area contributed by atoms with Gasteiger partial charge in [0.25, 0.3) is 5.91 Å². The molecule has 0 saturated heterocycles. The molecule has 0 atom stereocenters. The van der Waals surface area contributed by atoms with Gasteiger partial charge in [0.05, 0.1) is 5.75 Å². The lowest BCUT2D eigenvalue weighted by atomic mass is 10.2. The largest absolute Gasteiger partial charge is 0.355 e. The Morgan fingerprint density at radius 2 is 1.61 bits per heavy atom. The smallest absolute Gasteiger partial charge is 0.251 e. The number of aryl methyl sites for hydroxylation is 1. The van der Waals surface area contributed by atoms with Gasteiger partial charge in [-0.3, -0.25) is 14.2 Å². The molecule has 0 aliphatic carbocycles. The molecule has 166 valence electrons. The summed E-state index contributed by atoms with van der Waals surface area (Å²) in [4.78, 5) is 24.2. The quantitative estimate of drug-likeness (QED) is 0.403. The Morgan fingerprint density at radius 1 is 0.909 bits per heavy atom. The zero-order valence-electron chi connectivity index (χ0n) is 18.3. The van der Waals surface area contributed by atoms with E-state index in [-0.39, 0.29) is 17.6 Å². The van der Waals surface area contributed by atoms with Gasteiger partial charge in [0.2, 0.25) is 5.91 Å². The van der Waals surface area contributed by atoms with Crippen LogP contribution in [-0.4, -0.2) is 39.4 Å². The predicted molar refractivity (Wildman–Crippen MR) is 131 cm³/mol. The first-order valence-corrected chi connectivity index (χ1v) is 11.4. The average Bonchev–Trinajstić information content (AvgIpc) is 3.28. The Hall–Kier alpha value is -3.91. The number of aromatic nitrogens is 3. The summed E-state index contributed by atoms with van der Waals surface area (Å²) >= 11 is 1.31. The number of carbonyl (C=O) groups excluding carboxylic acids is 2. The minimum Gasteiger partial charge on any atom is -0.355 e. The molecule has 2 N–H and O–H groups in total. The molecule has 7 nitrogen and oxygen atoms in total. The summed E-state index contributed by atoms with van der Waals surface area (Å²) in [6.45, 7) is 2.04. The molecule has 0 spiro atoms. The lowest BCUT2D eigenvalue weighted by Crippen LogP contribution is -2.18. The topological polar surface area (TPSA) is 88.9 Å². The lowest BCUT2D eigenvalue weighted by Gasteiger charge is -2.11. The summed E-state index contributed by atoms with van der Waals surface area (Å²) < 4.78 is 1.96. The number of nitrogens with one attached hydrogen (secondary N) is 2. The highest BCUT2D eigenvalue weighted by molar-refractivity contribution is 7.99. The Balaban J connectivity index is 1.52. The third-order valence-electron chi connectivity index (χ3n) is 4.95. The number of benzene rings is 3. The van der Waals surface area contributed by atoms with Crippen molar-refractivity contribution in [3.8, 4) is 17.1 Å². The average molecular weight is 458 g/mol. The number of anilines is 1. The fourth-order valence-electron chi connectivity index (χ4n) is 3.24. The van der Waals surface area contributed by atoms with Gasteiger partial charge in [0, 0.05) is 29.5 Å². The monoisotopic (exact) mass is 457 g/mol. The fourth-order valence-corrected chi connectivity index (χ4v) is 3.99. The number of rotatable bonds is 7. The van der Waals surface area contributed by atoms with Gasteiger partial charge in [-0.1, -0.05) is 59.8 Å². The van der Waals surface area contributed by atoms with E-state index in [0.717, 1.165) is 16.8 Å². The van der Waals surface area contributed by atoms with Gasteiger partial charge in [-0.25, -0.2) is 0 Å². The molecule has 0 bridgehead atoms. The lowest BCUT2D eigenvalue weighted by molar-refractivity contribution is -0.113. The Bertz CT molecular complexity index is 1250. The first-order valence-electron chi connectivity index (χ1n) is 10.4. The number of hydrogen-bond acceptors (Lipinski definition) is 5. The number of hydrogen-bond donors (Lipinski definition) is 2. The SMILES string of the molecule is CNC(=O)c1ccc(NC(=O)CSc2nnc(-c3ccccc3)n2-c2ccc(C)cc2)cc1. The van der Waals surface area contributed by atoms with Gasteiger partial charge in [0.15, 0.2) is 11.0 Å². The first-order chi connectivity index (χ1) is 16.0. The molecule has 0 aliphatic rings. The van der Waals surface area contributed by atoms with Crippen molar-refractivity contribution in [1.29, 1.82) is 0 Å². The fraction of sp³-hybridized carbons (Fsp3) is 0.120. The standard InChI is InChI=1S/C25H23N5O2S/c1-17-8-14-21(15-9-17)30-23(18-6-4-3-5-7-18)28-29-25(30)33-16-22(31)27-20-12-10-19(11-13-20)24(32)26-2/h3-15H,16H2,1-2H3,(H,26,32)(H,27,31). The summed E-state index contributed by atoms with van der Waals surface area (Å²) in [5.41, 5.74) is 4.18. The molecule has 1 heterocycles. The maximum absolute atomic E-state index is 12.6. The Kier molecular flexibility index (Phi) is 6.85. The van der Waals surface area contributed by atoms with Crippen LogP contribution in [0.3, 0.4) is 0 Å². The normalized spacial score (nSPS) is 10.6. The van der Waals surface area contributed by atoms with Crippen LogP contribution in [0.2, 0.25) is 0 Å². The molecule has 0 radical (unpaired) electrons. The van der Waals surface area contributed by atoms with Crippen LogP contribution in [0.1, 0.15) is 15.9 Å². The molecule has 8 heteroatoms. The second-order valence-electron chi connectivity index (χ2n) is 7.34. The summed E-state index contributed by atoms with van der Waals surface area (Å²) in [6, 6.07) is 24.7. The molecule has 0 aliphatic heterocycles. The van der Waals surface area contributed by atoms with Crippen LogP contribution in [0.15, 0.2) is 84.0 Å². The van der Waals surface area contributed by atoms with E-state index in [0.29, 0.717) is 22.2 Å². The van der Waals surface area contributed by atoms with Crippen LogP contribution >= 0.6 is 11.8 Å². The number of nitrogens with zero attached hydrogens (tertiary/aromatic N) is 3. The van der Waals surface area contributed by atoms with E-state index in [1.165, 1.54) is 11.8 Å². The number of amides is 2. The van der Waals surface area contributed by atoms with Crippen molar-refractivity contribution in [2.24, 2.45) is 0 Å². The summed E-state index contributed by atoms with van der Waals surface area (Å²) in [6.07, 6.45) is 0. The molecule has 0 saturated carbocycles. The van der Waals surface area contributed by atoms with Crippen molar-refractivity contribution in [1.82, 2.24) is 20.1 Å². The van der Waals surface area contributed by atoms with Crippen molar-refractivity contribution in [2.75, 3.05) is 18.1 Å². The molecule has 0 unspecified atom stereocenters. The van der Waals surface area contributed by atoms with Gasteiger partial charge >= 0.3 is 0 Å². The van der Waals surface area contributed by atoms with Crippen molar-refractivity contribution < 1.29 is 9.59 Å². The van der Waals surface area contributed by atoms with Gasteiger partial charge < -0.3 is 10.6 Å². The Labute approximate surface area is 196 Å². The Morgan fingerprint density at radius 3 is 2.27 bits per heavy atom. The molecule has 3 aromatic carbocycles. The second kappa shape index (κ2) is 10.1. The highest BCUT2D eigenvalue weighted by Crippen LogP contribution is 2.28. The maximum atomic E-state index is 12.6. The van der Waals surface area contributed by atoms with Crippen molar-refractivity contribution >= 4 is 29.3 Å².